The molecule has 0 atom stereocenters. The van der Waals surface area contributed by atoms with E-state index in [9.17, 15) is 4.39 Å². The van der Waals surface area contributed by atoms with Gasteiger partial charge in [-0.1, -0.05) is 24.3 Å². The van der Waals surface area contributed by atoms with Crippen LogP contribution in [0, 0.1) is 5.82 Å². The van der Waals surface area contributed by atoms with E-state index in [0.717, 1.165) is 35.7 Å². The molecule has 1 aromatic heterocycles. The van der Waals surface area contributed by atoms with E-state index in [0.29, 0.717) is 19.6 Å². The number of thiophene rings is 1. The van der Waals surface area contributed by atoms with Gasteiger partial charge in [0.05, 0.1) is 13.2 Å². The third-order valence-electron chi connectivity index (χ3n) is 4.21. The fraction of sp³-hybridized carbons (Fsp3) is 0.273. The van der Waals surface area contributed by atoms with E-state index in [4.69, 9.17) is 9.47 Å². The molecule has 0 unspecified atom stereocenters. The van der Waals surface area contributed by atoms with Crippen molar-refractivity contribution in [2.45, 2.75) is 26.5 Å². The first-order chi connectivity index (χ1) is 13.3. The molecule has 2 aromatic carbocycles. The van der Waals surface area contributed by atoms with Gasteiger partial charge in [-0.2, -0.15) is 0 Å². The lowest BCUT2D eigenvalue weighted by Gasteiger charge is -2.13. The quantitative estimate of drug-likeness (QED) is 0.531. The monoisotopic (exact) mass is 386 g/mol. The molecule has 0 saturated heterocycles. The molecule has 0 radical (unpaired) electrons. The standard InChI is InChI=1S/C22H24FNO2S/c1-2-25-22-14-17(9-10-21(22)26-16-19-7-5-13-27-19)15-24-12-11-18-6-3-4-8-20(18)23/h3-10,13-14,24H,2,11-12,15-16H2,1H3/p+1. The van der Waals surface area contributed by atoms with E-state index < -0.39 is 0 Å². The van der Waals surface area contributed by atoms with Gasteiger partial charge in [-0.05, 0) is 48.2 Å². The lowest BCUT2D eigenvalue weighted by molar-refractivity contribution is -0.670. The van der Waals surface area contributed by atoms with Gasteiger partial charge in [0.15, 0.2) is 11.5 Å². The maximum absolute atomic E-state index is 13.7. The van der Waals surface area contributed by atoms with E-state index in [2.05, 4.69) is 17.4 Å². The van der Waals surface area contributed by atoms with Crippen LogP contribution in [-0.2, 0) is 19.6 Å². The molecular formula is C22H25FNO2S+. The zero-order valence-corrected chi connectivity index (χ0v) is 16.3. The summed E-state index contributed by atoms with van der Waals surface area (Å²) >= 11 is 1.68. The first-order valence-electron chi connectivity index (χ1n) is 9.22. The highest BCUT2D eigenvalue weighted by Gasteiger charge is 2.09. The Bertz CT molecular complexity index is 836. The smallest absolute Gasteiger partial charge is 0.161 e. The van der Waals surface area contributed by atoms with E-state index in [1.165, 1.54) is 10.9 Å². The van der Waals surface area contributed by atoms with Gasteiger partial charge < -0.3 is 14.8 Å². The lowest BCUT2D eigenvalue weighted by Crippen LogP contribution is -2.83. The molecule has 0 aliphatic rings. The Morgan fingerprint density at radius 2 is 1.89 bits per heavy atom. The van der Waals surface area contributed by atoms with Crippen LogP contribution in [0.3, 0.4) is 0 Å². The van der Waals surface area contributed by atoms with Gasteiger partial charge in [0.2, 0.25) is 0 Å². The van der Waals surface area contributed by atoms with Crippen LogP contribution in [-0.4, -0.2) is 13.2 Å². The molecule has 3 nitrogen and oxygen atoms in total. The number of rotatable bonds is 10. The van der Waals surface area contributed by atoms with Crippen molar-refractivity contribution in [1.29, 1.82) is 0 Å². The van der Waals surface area contributed by atoms with Gasteiger partial charge in [0, 0.05) is 16.9 Å². The Morgan fingerprint density at radius 1 is 1.00 bits per heavy atom. The second-order valence-corrected chi connectivity index (χ2v) is 7.24. The van der Waals surface area contributed by atoms with Crippen molar-refractivity contribution in [3.63, 3.8) is 0 Å². The molecule has 0 amide bonds. The summed E-state index contributed by atoms with van der Waals surface area (Å²) in [5.41, 5.74) is 1.93. The van der Waals surface area contributed by atoms with E-state index >= 15 is 0 Å². The summed E-state index contributed by atoms with van der Waals surface area (Å²) < 4.78 is 25.3. The van der Waals surface area contributed by atoms with Crippen molar-refractivity contribution in [2.75, 3.05) is 13.2 Å². The van der Waals surface area contributed by atoms with Crippen LogP contribution in [0.25, 0.3) is 0 Å². The van der Waals surface area contributed by atoms with Gasteiger partial charge in [-0.15, -0.1) is 11.3 Å². The molecule has 3 aromatic rings. The summed E-state index contributed by atoms with van der Waals surface area (Å²) in [7, 11) is 0. The molecule has 27 heavy (non-hydrogen) atoms. The highest BCUT2D eigenvalue weighted by atomic mass is 32.1. The molecule has 0 aliphatic carbocycles. The van der Waals surface area contributed by atoms with Crippen molar-refractivity contribution in [3.8, 4) is 11.5 Å². The van der Waals surface area contributed by atoms with E-state index in [1.54, 1.807) is 17.4 Å². The van der Waals surface area contributed by atoms with Gasteiger partial charge in [-0.3, -0.25) is 0 Å². The molecule has 0 spiro atoms. The molecular weight excluding hydrogens is 361 g/mol. The maximum Gasteiger partial charge on any atom is 0.161 e. The Kier molecular flexibility index (Phi) is 7.25. The molecule has 5 heteroatoms. The van der Waals surface area contributed by atoms with Crippen LogP contribution in [0.15, 0.2) is 60.0 Å². The predicted molar refractivity (Wildman–Crippen MR) is 107 cm³/mol. The van der Waals surface area contributed by atoms with E-state index in [-0.39, 0.29) is 5.82 Å². The van der Waals surface area contributed by atoms with Crippen molar-refractivity contribution < 1.29 is 19.2 Å². The van der Waals surface area contributed by atoms with Crippen LogP contribution in [0.5, 0.6) is 11.5 Å². The fourth-order valence-corrected chi connectivity index (χ4v) is 3.45. The predicted octanol–water partition coefficient (Wildman–Crippen LogP) is 4.17. The van der Waals surface area contributed by atoms with Crippen LogP contribution in [0.1, 0.15) is 22.9 Å². The molecule has 2 N–H and O–H groups in total. The second kappa shape index (κ2) is 10.1. The van der Waals surface area contributed by atoms with Crippen molar-refractivity contribution >= 4 is 11.3 Å². The van der Waals surface area contributed by atoms with Crippen molar-refractivity contribution in [3.05, 3.63) is 81.8 Å². The molecule has 3 rings (SSSR count). The normalized spacial score (nSPS) is 10.7. The van der Waals surface area contributed by atoms with E-state index in [1.807, 2.05) is 42.6 Å². The molecule has 1 heterocycles. The number of hydrogen-bond donors (Lipinski definition) is 1. The zero-order valence-electron chi connectivity index (χ0n) is 15.5. The third-order valence-corrected chi connectivity index (χ3v) is 5.06. The maximum atomic E-state index is 13.7. The molecule has 142 valence electrons. The SMILES string of the molecule is CCOc1cc(C[NH2+]CCc2ccccc2F)ccc1OCc1cccs1. The van der Waals surface area contributed by atoms with Gasteiger partial charge in [0.1, 0.15) is 19.0 Å². The Hall–Kier alpha value is -2.37. The Morgan fingerprint density at radius 3 is 2.67 bits per heavy atom. The second-order valence-electron chi connectivity index (χ2n) is 6.21. The van der Waals surface area contributed by atoms with Crippen LogP contribution in [0.4, 0.5) is 4.39 Å². The van der Waals surface area contributed by atoms with Gasteiger partial charge >= 0.3 is 0 Å². The number of ether oxygens (including phenoxy) is 2. The summed E-state index contributed by atoms with van der Waals surface area (Å²) in [6.07, 6.45) is 0.715. The summed E-state index contributed by atoms with van der Waals surface area (Å²) in [5, 5.41) is 4.23. The third kappa shape index (κ3) is 5.81. The largest absolute Gasteiger partial charge is 0.490 e. The Balaban J connectivity index is 1.54. The average Bonchev–Trinajstić information content (AvgIpc) is 3.20. The molecule has 0 bridgehead atoms. The van der Waals surface area contributed by atoms with Crippen molar-refractivity contribution in [1.82, 2.24) is 0 Å². The fourth-order valence-electron chi connectivity index (χ4n) is 2.84. The van der Waals surface area contributed by atoms with Crippen LogP contribution < -0.4 is 14.8 Å². The first-order valence-corrected chi connectivity index (χ1v) is 10.1. The summed E-state index contributed by atoms with van der Waals surface area (Å²) in [4.78, 5) is 1.18. The number of hydrogen-bond acceptors (Lipinski definition) is 3. The van der Waals surface area contributed by atoms with Gasteiger partial charge in [0.25, 0.3) is 0 Å². The minimum Gasteiger partial charge on any atom is -0.490 e. The number of quaternary nitrogens is 1. The summed E-state index contributed by atoms with van der Waals surface area (Å²) in [6.45, 7) is 4.76. The van der Waals surface area contributed by atoms with Gasteiger partial charge in [-0.25, -0.2) is 4.39 Å². The summed E-state index contributed by atoms with van der Waals surface area (Å²) in [5.74, 6) is 1.41. The lowest BCUT2D eigenvalue weighted by atomic mass is 10.1. The minimum atomic E-state index is -0.128. The number of halogens is 1. The molecule has 0 fully saturated rings. The number of nitrogens with two attached hydrogens (primary N) is 1. The highest BCUT2D eigenvalue weighted by Crippen LogP contribution is 2.29. The average molecular weight is 387 g/mol. The van der Waals surface area contributed by atoms with Crippen LogP contribution >= 0.6 is 11.3 Å². The molecule has 0 saturated carbocycles. The topological polar surface area (TPSA) is 35.1 Å². The Labute approximate surface area is 163 Å². The summed E-state index contributed by atoms with van der Waals surface area (Å²) in [6, 6.07) is 17.1. The van der Waals surface area contributed by atoms with Crippen molar-refractivity contribution in [2.24, 2.45) is 0 Å². The zero-order chi connectivity index (χ0) is 18.9. The molecule has 0 aliphatic heterocycles. The van der Waals surface area contributed by atoms with Crippen LogP contribution in [0.2, 0.25) is 0 Å². The minimum absolute atomic E-state index is 0.128. The first kappa shape index (κ1) is 19.4. The number of benzene rings is 2. The highest BCUT2D eigenvalue weighted by molar-refractivity contribution is 7.09.